The zero-order valence-corrected chi connectivity index (χ0v) is 60.4. The van der Waals surface area contributed by atoms with Crippen LogP contribution in [0.4, 0.5) is 0 Å². The maximum Gasteiger partial charge on any atom is 1.00 e. The Morgan fingerprint density at radius 2 is 0.467 bits per heavy atom. The Morgan fingerprint density at radius 1 is 0.283 bits per heavy atom. The number of hydrogen-bond donors (Lipinski definition) is 4. The van der Waals surface area contributed by atoms with E-state index in [-0.39, 0.29) is 103 Å². The maximum absolute atomic E-state index is 9.83. The zero-order chi connectivity index (χ0) is 64.3. The molecule has 0 aliphatic carbocycles. The molecule has 0 radical (unpaired) electrons. The number of fused-ring (bicyclic) bond motifs is 42. The van der Waals surface area contributed by atoms with Crippen molar-refractivity contribution in [3.8, 4) is 36.4 Å². The summed E-state index contributed by atoms with van der Waals surface area (Å²) in [5.74, 6) is 3.06. The summed E-state index contributed by atoms with van der Waals surface area (Å²) in [6.07, 6.45) is 5.11. The van der Waals surface area contributed by atoms with Crippen molar-refractivity contribution in [1.29, 1.82) is 31.6 Å². The van der Waals surface area contributed by atoms with Crippen LogP contribution in [0.5, 0.6) is 0 Å². The van der Waals surface area contributed by atoms with Crippen LogP contribution in [0, 0.1) is 68.0 Å². The fourth-order valence-electron chi connectivity index (χ4n) is 9.43. The van der Waals surface area contributed by atoms with Crippen LogP contribution in [0.25, 0.3) is 10.8 Å². The Kier molecular flexibility index (Phi) is 52.0. The van der Waals surface area contributed by atoms with Crippen molar-refractivity contribution in [1.82, 2.24) is 0 Å². The number of nitrogens with zero attached hydrogens (tertiary/aromatic N) is 12. The molecule has 8 fully saturated rings. The molecule has 10 aliphatic rings. The predicted molar refractivity (Wildman–Crippen MR) is 325 cm³/mol. The smallest absolute Gasteiger partial charge is 0.761 e. The first-order valence-electron chi connectivity index (χ1n) is 31.2. The minimum Gasteiger partial charge on any atom is -0.761 e. The van der Waals surface area contributed by atoms with Gasteiger partial charge in [0.05, 0.1) is 159 Å². The van der Waals surface area contributed by atoms with Crippen LogP contribution in [0.2, 0.25) is 0 Å². The van der Waals surface area contributed by atoms with Crippen molar-refractivity contribution in [3.63, 3.8) is 0 Å². The molecule has 0 saturated carbocycles. The Morgan fingerprint density at radius 3 is 0.598 bits per heavy atom. The number of quaternary nitrogens is 4. The van der Waals surface area contributed by atoms with E-state index >= 15 is 0 Å². The fourth-order valence-corrected chi connectivity index (χ4v) is 9.43. The molecule has 4 bridgehead atoms. The average Bonchev–Trinajstić information content (AvgIpc) is 0.732. The molecule has 10 heterocycles. The van der Waals surface area contributed by atoms with E-state index in [4.69, 9.17) is 77.1 Å². The van der Waals surface area contributed by atoms with Gasteiger partial charge in [-0.25, -0.2) is 31.7 Å². The molecule has 494 valence electrons. The molecular weight excluding hydrogens is 1250 g/mol. The zero-order valence-electron chi connectivity index (χ0n) is 54.2. The molecule has 0 aromatic rings. The summed E-state index contributed by atoms with van der Waals surface area (Å²) in [5, 5.41) is 75.1. The molecule has 0 spiro atoms. The monoisotopic (exact) mass is 1340 g/mol. The summed E-state index contributed by atoms with van der Waals surface area (Å²) in [5.41, 5.74) is -9.54. The van der Waals surface area contributed by atoms with Gasteiger partial charge in [-0.15, -0.1) is 0 Å². The van der Waals surface area contributed by atoms with Gasteiger partial charge in [-0.05, 0) is 25.7 Å². The SMILES string of the molecule is C1CCOC1.C1CCOC1.C1COCC[NH+]2CCOCCOCC[NH+](CCO1)CCOCCOCC2.C1COCC[NH+]2CCOCCOCC[NH+](CCO1)CCOCCOCC2.N#CC1=N[C@](C#N)([C@]2(C#N)N=C(C#N)C(=C=[N-])N=C2C#N)C(C#N)=NC1=C=[N-].[K+].[K+]. The molecule has 0 aromatic heterocycles. The van der Waals surface area contributed by atoms with Gasteiger partial charge in [-0.2, -0.15) is 31.6 Å². The molecule has 2 atom stereocenters. The summed E-state index contributed by atoms with van der Waals surface area (Å²) in [6.45, 7) is 32.2. The number of rotatable bonds is 1. The summed E-state index contributed by atoms with van der Waals surface area (Å²) < 4.78 is 78.6. The fraction of sp³-hybridized carbons (Fsp3) is 0.767. The van der Waals surface area contributed by atoms with Crippen LogP contribution in [0.15, 0.2) is 31.4 Å². The van der Waals surface area contributed by atoms with E-state index in [2.05, 4.69) is 20.0 Å². The second-order valence-corrected chi connectivity index (χ2v) is 20.8. The van der Waals surface area contributed by atoms with Gasteiger partial charge in [0, 0.05) is 26.4 Å². The molecule has 10 rings (SSSR count). The van der Waals surface area contributed by atoms with Crippen molar-refractivity contribution in [3.05, 3.63) is 22.2 Å². The van der Waals surface area contributed by atoms with Gasteiger partial charge in [0.2, 0.25) is 11.1 Å². The Hall–Kier alpha value is -2.93. The van der Waals surface area contributed by atoms with E-state index in [1.165, 1.54) is 81.3 Å². The second-order valence-electron chi connectivity index (χ2n) is 20.8. The second kappa shape index (κ2) is 56.1. The van der Waals surface area contributed by atoms with Crippen LogP contribution in [-0.2, 0) is 66.3 Å². The van der Waals surface area contributed by atoms with Gasteiger partial charge in [0.15, 0.2) is 22.8 Å². The van der Waals surface area contributed by atoms with E-state index in [1.54, 1.807) is 12.1 Å². The molecule has 4 N–H and O–H groups in total. The molecular formula is C60H92K2N16O14+4. The van der Waals surface area contributed by atoms with E-state index < -0.39 is 45.3 Å². The standard InChI is InChI=1S/2C18H36N2O6.C16N12.2C4H8O.2K/c2*1-7-21-13-14-24-10-4-20-5-11-25-17-15-22-8-2-19(1)3-9-23-16-18-26-12-6-20;17-1-9-11(3-19)27-15(7-23,13(5-21)25-9)16(8-24)14(6-22)26-10(2-18)12(4-20)28-16;2*1-2-4-5-3-1;;/h2*1-18H2;;2*1-4H2;;/q;;-2;;;2*+1/p+4/t;;15-,16+;;;;. The van der Waals surface area contributed by atoms with Crippen LogP contribution >= 0.6 is 0 Å². The first-order chi connectivity index (χ1) is 44.4. The Balaban J connectivity index is 0.000000430. The van der Waals surface area contributed by atoms with Gasteiger partial charge in [0.1, 0.15) is 126 Å². The third kappa shape index (κ3) is 33.8. The minimum absolute atomic E-state index is 0. The van der Waals surface area contributed by atoms with Gasteiger partial charge >= 0.3 is 103 Å². The minimum atomic E-state index is -2.69. The molecule has 0 amide bonds. The summed E-state index contributed by atoms with van der Waals surface area (Å²) in [7, 11) is 0. The van der Waals surface area contributed by atoms with Gasteiger partial charge in [-0.3, -0.25) is 0 Å². The number of aliphatic imine (C=N–C) groups is 4. The van der Waals surface area contributed by atoms with Crippen molar-refractivity contribution < 1.29 is 189 Å². The summed E-state index contributed by atoms with van der Waals surface area (Å²) in [6, 6.07) is 9.17. The molecule has 8 saturated heterocycles. The number of ether oxygens (including phenoxy) is 14. The Labute approximate surface area is 627 Å². The summed E-state index contributed by atoms with van der Waals surface area (Å²) in [4.78, 5) is 20.5. The van der Waals surface area contributed by atoms with Crippen molar-refractivity contribution >= 4 is 34.6 Å². The first-order valence-corrected chi connectivity index (χ1v) is 31.2. The van der Waals surface area contributed by atoms with Crippen molar-refractivity contribution in [2.24, 2.45) is 20.0 Å². The average molecular weight is 1340 g/mol. The van der Waals surface area contributed by atoms with Gasteiger partial charge in [-0.1, -0.05) is 0 Å². The van der Waals surface area contributed by atoms with Crippen LogP contribution in [0.3, 0.4) is 0 Å². The number of hydrogen-bond acceptors (Lipinski definition) is 24. The van der Waals surface area contributed by atoms with Gasteiger partial charge in [0.25, 0.3) is 0 Å². The first kappa shape index (κ1) is 85.2. The van der Waals surface area contributed by atoms with Crippen LogP contribution < -0.4 is 122 Å². The quantitative estimate of drug-likeness (QED) is 0.140. The summed E-state index contributed by atoms with van der Waals surface area (Å²) >= 11 is 0. The normalized spacial score (nSPS) is 27.5. The topological polar surface area (TPSA) is 384 Å². The van der Waals surface area contributed by atoms with Gasteiger partial charge < -0.3 is 96.7 Å². The van der Waals surface area contributed by atoms with E-state index in [0.717, 1.165) is 184 Å². The molecule has 92 heavy (non-hydrogen) atoms. The third-order valence-corrected chi connectivity index (χ3v) is 14.7. The molecule has 32 heteroatoms. The van der Waals surface area contributed by atoms with E-state index in [0.29, 0.717) is 79.3 Å². The van der Waals surface area contributed by atoms with E-state index in [9.17, 15) is 31.6 Å². The van der Waals surface area contributed by atoms with E-state index in [1.807, 2.05) is 0 Å². The number of nitrogens with one attached hydrogen (secondary N) is 4. The molecule has 30 nitrogen and oxygen atoms in total. The largest absolute Gasteiger partial charge is 1.00 e. The van der Waals surface area contributed by atoms with Crippen molar-refractivity contribution in [2.45, 2.75) is 36.8 Å². The number of nitriles is 6. The van der Waals surface area contributed by atoms with Crippen LogP contribution in [-0.4, -0.2) is 309 Å². The Bertz CT molecular complexity index is 2230. The maximum atomic E-state index is 9.83. The molecule has 0 aromatic carbocycles. The number of allylic oxidation sites excluding steroid dienone is 2. The molecule has 10 aliphatic heterocycles. The predicted octanol–water partition coefficient (Wildman–Crippen LogP) is -11.0. The van der Waals surface area contributed by atoms with Crippen molar-refractivity contribution in [2.75, 3.05) is 264 Å². The third-order valence-electron chi connectivity index (χ3n) is 14.7. The molecule has 0 unspecified atom stereocenters. The van der Waals surface area contributed by atoms with Crippen LogP contribution in [0.1, 0.15) is 25.7 Å².